The highest BCUT2D eigenvalue weighted by atomic mass is 16.6. The third kappa shape index (κ3) is 3.26. The maximum absolute atomic E-state index is 10.9. The van der Waals surface area contributed by atoms with Gasteiger partial charge < -0.3 is 10.6 Å². The van der Waals surface area contributed by atoms with Crippen LogP contribution in [0.4, 0.5) is 22.7 Å². The van der Waals surface area contributed by atoms with Crippen LogP contribution in [0.3, 0.4) is 0 Å². The van der Waals surface area contributed by atoms with E-state index >= 15 is 0 Å². The smallest absolute Gasteiger partial charge is 0.273 e. The first-order chi connectivity index (χ1) is 9.62. The number of anilines is 3. The lowest BCUT2D eigenvalue weighted by Gasteiger charge is -2.09. The minimum Gasteiger partial charge on any atom is -0.388 e. The van der Waals surface area contributed by atoms with Crippen LogP contribution in [-0.2, 0) is 6.42 Å². The Morgan fingerprint density at radius 3 is 2.50 bits per heavy atom. The summed E-state index contributed by atoms with van der Waals surface area (Å²) in [5.41, 5.74) is 3.59. The Morgan fingerprint density at radius 1 is 1.10 bits per heavy atom. The number of non-ortho nitro benzene ring substituents is 1. The molecule has 0 atom stereocenters. The van der Waals surface area contributed by atoms with Crippen molar-refractivity contribution in [3.63, 3.8) is 0 Å². The van der Waals surface area contributed by atoms with Gasteiger partial charge in [-0.3, -0.25) is 10.1 Å². The van der Waals surface area contributed by atoms with E-state index < -0.39 is 4.92 Å². The van der Waals surface area contributed by atoms with Gasteiger partial charge in [-0.05, 0) is 30.2 Å². The van der Waals surface area contributed by atoms with Crippen LogP contribution >= 0.6 is 0 Å². The van der Waals surface area contributed by atoms with Crippen LogP contribution in [0.5, 0.6) is 0 Å². The summed E-state index contributed by atoms with van der Waals surface area (Å²) in [4.78, 5) is 10.5. The van der Waals surface area contributed by atoms with Crippen LogP contribution in [0, 0.1) is 10.1 Å². The molecule has 2 rings (SSSR count). The second-order valence-corrected chi connectivity index (χ2v) is 4.45. The van der Waals surface area contributed by atoms with Crippen molar-refractivity contribution in [1.29, 1.82) is 0 Å². The second-order valence-electron chi connectivity index (χ2n) is 4.45. The Bertz CT molecular complexity index is 626. The Hall–Kier alpha value is -2.56. The molecule has 5 nitrogen and oxygen atoms in total. The SMILES string of the molecule is CCc1cccc(Nc2cc(NC)cc([N+](=O)[O-])c2)c1. The number of nitro benzene ring substituents is 1. The fourth-order valence-corrected chi connectivity index (χ4v) is 1.97. The summed E-state index contributed by atoms with van der Waals surface area (Å²) >= 11 is 0. The Balaban J connectivity index is 2.32. The zero-order valence-corrected chi connectivity index (χ0v) is 11.5. The zero-order valence-electron chi connectivity index (χ0n) is 11.5. The van der Waals surface area contributed by atoms with Gasteiger partial charge >= 0.3 is 0 Å². The number of hydrogen-bond acceptors (Lipinski definition) is 4. The molecule has 0 aliphatic rings. The van der Waals surface area contributed by atoms with E-state index in [9.17, 15) is 10.1 Å². The maximum Gasteiger partial charge on any atom is 0.273 e. The molecule has 20 heavy (non-hydrogen) atoms. The fraction of sp³-hybridized carbons (Fsp3) is 0.200. The molecule has 0 saturated heterocycles. The van der Waals surface area contributed by atoms with Gasteiger partial charge in [0.25, 0.3) is 5.69 Å². The summed E-state index contributed by atoms with van der Waals surface area (Å²) in [6.45, 7) is 2.09. The van der Waals surface area contributed by atoms with E-state index in [-0.39, 0.29) is 5.69 Å². The minimum absolute atomic E-state index is 0.0611. The van der Waals surface area contributed by atoms with Gasteiger partial charge in [0.1, 0.15) is 0 Å². The molecule has 2 aromatic rings. The minimum atomic E-state index is -0.394. The van der Waals surface area contributed by atoms with Crippen LogP contribution in [0.25, 0.3) is 0 Å². The van der Waals surface area contributed by atoms with Gasteiger partial charge in [0.05, 0.1) is 4.92 Å². The summed E-state index contributed by atoms with van der Waals surface area (Å²) in [7, 11) is 1.74. The highest BCUT2D eigenvalue weighted by molar-refractivity contribution is 5.68. The monoisotopic (exact) mass is 271 g/mol. The van der Waals surface area contributed by atoms with Crippen molar-refractivity contribution in [2.24, 2.45) is 0 Å². The predicted octanol–water partition coefficient (Wildman–Crippen LogP) is 3.94. The molecule has 5 heteroatoms. The molecular weight excluding hydrogens is 254 g/mol. The molecule has 0 heterocycles. The summed E-state index contributed by atoms with van der Waals surface area (Å²) in [6.07, 6.45) is 0.951. The zero-order chi connectivity index (χ0) is 14.5. The van der Waals surface area contributed by atoms with Crippen molar-refractivity contribution in [3.05, 3.63) is 58.1 Å². The van der Waals surface area contributed by atoms with Gasteiger partial charge in [-0.15, -0.1) is 0 Å². The van der Waals surface area contributed by atoms with E-state index in [2.05, 4.69) is 23.6 Å². The molecule has 2 N–H and O–H groups in total. The van der Waals surface area contributed by atoms with E-state index in [0.717, 1.165) is 12.1 Å². The van der Waals surface area contributed by atoms with Crippen molar-refractivity contribution in [1.82, 2.24) is 0 Å². The first-order valence-electron chi connectivity index (χ1n) is 6.45. The lowest BCUT2D eigenvalue weighted by Crippen LogP contribution is -1.97. The van der Waals surface area contributed by atoms with Gasteiger partial charge in [-0.25, -0.2) is 0 Å². The number of rotatable bonds is 5. The number of benzene rings is 2. The Morgan fingerprint density at radius 2 is 1.85 bits per heavy atom. The molecule has 104 valence electrons. The Labute approximate surface area is 117 Å². The first kappa shape index (κ1) is 13.9. The third-order valence-corrected chi connectivity index (χ3v) is 3.04. The average Bonchev–Trinajstić information content (AvgIpc) is 2.47. The van der Waals surface area contributed by atoms with Crippen LogP contribution in [-0.4, -0.2) is 12.0 Å². The fourth-order valence-electron chi connectivity index (χ4n) is 1.97. The highest BCUT2D eigenvalue weighted by Crippen LogP contribution is 2.26. The molecule has 0 unspecified atom stereocenters. The van der Waals surface area contributed by atoms with E-state index in [0.29, 0.717) is 11.4 Å². The lowest BCUT2D eigenvalue weighted by molar-refractivity contribution is -0.384. The maximum atomic E-state index is 10.9. The van der Waals surface area contributed by atoms with E-state index in [4.69, 9.17) is 0 Å². The molecular formula is C15H17N3O2. The molecule has 0 amide bonds. The number of nitrogens with zero attached hydrogens (tertiary/aromatic N) is 1. The summed E-state index contributed by atoms with van der Waals surface area (Å²) in [5.74, 6) is 0. The van der Waals surface area contributed by atoms with Crippen LogP contribution in [0.15, 0.2) is 42.5 Å². The van der Waals surface area contributed by atoms with E-state index in [1.165, 1.54) is 17.7 Å². The topological polar surface area (TPSA) is 67.2 Å². The molecule has 2 aromatic carbocycles. The van der Waals surface area contributed by atoms with E-state index in [1.54, 1.807) is 7.05 Å². The van der Waals surface area contributed by atoms with E-state index in [1.807, 2.05) is 24.3 Å². The van der Waals surface area contributed by atoms with Gasteiger partial charge in [-0.1, -0.05) is 19.1 Å². The first-order valence-corrected chi connectivity index (χ1v) is 6.45. The van der Waals surface area contributed by atoms with Crippen molar-refractivity contribution >= 4 is 22.7 Å². The van der Waals surface area contributed by atoms with Crippen LogP contribution < -0.4 is 10.6 Å². The normalized spacial score (nSPS) is 10.1. The van der Waals surface area contributed by atoms with Crippen molar-refractivity contribution in [2.75, 3.05) is 17.7 Å². The molecule has 0 aliphatic heterocycles. The summed E-state index contributed by atoms with van der Waals surface area (Å²) < 4.78 is 0. The standard InChI is InChI=1S/C15H17N3O2/c1-3-11-5-4-6-12(7-11)17-14-8-13(16-2)9-15(10-14)18(19)20/h4-10,16-17H,3H2,1-2H3. The van der Waals surface area contributed by atoms with Crippen molar-refractivity contribution < 1.29 is 4.92 Å². The summed E-state index contributed by atoms with van der Waals surface area (Å²) in [6, 6.07) is 12.9. The second kappa shape index (κ2) is 6.06. The van der Waals surface area contributed by atoms with Gasteiger partial charge in [0, 0.05) is 36.2 Å². The molecule has 0 fully saturated rings. The predicted molar refractivity (Wildman–Crippen MR) is 81.7 cm³/mol. The third-order valence-electron chi connectivity index (χ3n) is 3.04. The van der Waals surface area contributed by atoms with Crippen LogP contribution in [0.2, 0.25) is 0 Å². The molecule has 0 saturated carbocycles. The van der Waals surface area contributed by atoms with Crippen molar-refractivity contribution in [2.45, 2.75) is 13.3 Å². The molecule has 0 aromatic heterocycles. The molecule has 0 spiro atoms. The van der Waals surface area contributed by atoms with Crippen molar-refractivity contribution in [3.8, 4) is 0 Å². The summed E-state index contributed by atoms with van der Waals surface area (Å²) in [5, 5.41) is 17.1. The van der Waals surface area contributed by atoms with Crippen LogP contribution in [0.1, 0.15) is 12.5 Å². The molecule has 0 bridgehead atoms. The number of hydrogen-bond donors (Lipinski definition) is 2. The quantitative estimate of drug-likeness (QED) is 0.638. The number of nitro groups is 1. The number of aryl methyl sites for hydroxylation is 1. The van der Waals surface area contributed by atoms with Gasteiger partial charge in [-0.2, -0.15) is 0 Å². The molecule has 0 aliphatic carbocycles. The largest absolute Gasteiger partial charge is 0.388 e. The lowest BCUT2D eigenvalue weighted by atomic mass is 10.1. The highest BCUT2D eigenvalue weighted by Gasteiger charge is 2.09. The van der Waals surface area contributed by atoms with Gasteiger partial charge in [0.2, 0.25) is 0 Å². The Kier molecular flexibility index (Phi) is 4.20. The van der Waals surface area contributed by atoms with Gasteiger partial charge in [0.15, 0.2) is 0 Å². The average molecular weight is 271 g/mol. The number of nitrogens with one attached hydrogen (secondary N) is 2. The molecule has 0 radical (unpaired) electrons.